The Hall–Kier alpha value is -2.80. The van der Waals surface area contributed by atoms with E-state index in [1.807, 2.05) is 37.7 Å². The van der Waals surface area contributed by atoms with Crippen LogP contribution in [0.4, 0.5) is 0 Å². The average molecular weight is 402 g/mol. The molecule has 0 atom stereocenters. The second-order valence-electron chi connectivity index (χ2n) is 6.66. The third-order valence-electron chi connectivity index (χ3n) is 4.61. The SMILES string of the molecule is CCn1ncc(CN(C)C(=O)c2ccn(COc3ccc(Cl)c(C)c3)n2)c1C. The molecular formula is C20H24ClN5O2. The van der Waals surface area contributed by atoms with Crippen molar-refractivity contribution in [1.29, 1.82) is 0 Å². The van der Waals surface area contributed by atoms with Crippen LogP contribution in [-0.4, -0.2) is 37.4 Å². The summed E-state index contributed by atoms with van der Waals surface area (Å²) >= 11 is 6.02. The van der Waals surface area contributed by atoms with E-state index in [4.69, 9.17) is 16.3 Å². The molecule has 0 fully saturated rings. The van der Waals surface area contributed by atoms with E-state index in [0.717, 1.165) is 23.4 Å². The molecule has 1 aromatic carbocycles. The van der Waals surface area contributed by atoms with Gasteiger partial charge in [-0.1, -0.05) is 11.6 Å². The van der Waals surface area contributed by atoms with Crippen molar-refractivity contribution in [3.8, 4) is 5.75 Å². The van der Waals surface area contributed by atoms with E-state index in [9.17, 15) is 4.79 Å². The molecule has 0 radical (unpaired) electrons. The minimum Gasteiger partial charge on any atom is -0.471 e. The number of hydrogen-bond acceptors (Lipinski definition) is 4. The molecule has 2 aromatic heterocycles. The van der Waals surface area contributed by atoms with E-state index >= 15 is 0 Å². The first-order valence-electron chi connectivity index (χ1n) is 9.08. The van der Waals surface area contributed by atoms with Gasteiger partial charge in [-0.2, -0.15) is 10.2 Å². The first-order chi connectivity index (χ1) is 13.4. The smallest absolute Gasteiger partial charge is 0.274 e. The van der Waals surface area contributed by atoms with Crippen molar-refractivity contribution < 1.29 is 9.53 Å². The lowest BCUT2D eigenvalue weighted by Gasteiger charge is -2.15. The Morgan fingerprint density at radius 2 is 2.07 bits per heavy atom. The lowest BCUT2D eigenvalue weighted by molar-refractivity contribution is 0.0777. The highest BCUT2D eigenvalue weighted by Gasteiger charge is 2.17. The van der Waals surface area contributed by atoms with Gasteiger partial charge in [0.05, 0.1) is 6.20 Å². The van der Waals surface area contributed by atoms with Crippen molar-refractivity contribution in [2.75, 3.05) is 7.05 Å². The van der Waals surface area contributed by atoms with Crippen molar-refractivity contribution in [3.63, 3.8) is 0 Å². The minimum absolute atomic E-state index is 0.148. The van der Waals surface area contributed by atoms with E-state index < -0.39 is 0 Å². The van der Waals surface area contributed by atoms with Crippen LogP contribution in [0.1, 0.15) is 34.2 Å². The third-order valence-corrected chi connectivity index (χ3v) is 5.04. The van der Waals surface area contributed by atoms with E-state index in [2.05, 4.69) is 10.2 Å². The molecule has 0 bridgehead atoms. The van der Waals surface area contributed by atoms with Gasteiger partial charge < -0.3 is 9.64 Å². The molecule has 3 aromatic rings. The Labute approximate surface area is 169 Å². The van der Waals surface area contributed by atoms with E-state index in [1.54, 1.807) is 41.0 Å². The summed E-state index contributed by atoms with van der Waals surface area (Å²) in [5.41, 5.74) is 3.41. The Morgan fingerprint density at radius 3 is 2.75 bits per heavy atom. The fourth-order valence-corrected chi connectivity index (χ4v) is 2.99. The number of ether oxygens (including phenoxy) is 1. The van der Waals surface area contributed by atoms with Gasteiger partial charge in [0, 0.05) is 42.6 Å². The zero-order chi connectivity index (χ0) is 20.3. The molecular weight excluding hydrogens is 378 g/mol. The summed E-state index contributed by atoms with van der Waals surface area (Å²) in [5, 5.41) is 9.34. The van der Waals surface area contributed by atoms with Gasteiger partial charge in [-0.3, -0.25) is 9.48 Å². The van der Waals surface area contributed by atoms with Crippen molar-refractivity contribution in [2.24, 2.45) is 0 Å². The maximum atomic E-state index is 12.7. The number of nitrogens with zero attached hydrogens (tertiary/aromatic N) is 5. The molecule has 0 N–H and O–H groups in total. The normalized spacial score (nSPS) is 10.9. The number of carbonyl (C=O) groups is 1. The van der Waals surface area contributed by atoms with Gasteiger partial charge in [-0.05, 0) is 50.6 Å². The quantitative estimate of drug-likeness (QED) is 0.605. The minimum atomic E-state index is -0.148. The molecule has 0 unspecified atom stereocenters. The van der Waals surface area contributed by atoms with Crippen LogP contribution in [0.15, 0.2) is 36.7 Å². The zero-order valence-corrected chi connectivity index (χ0v) is 17.3. The maximum absolute atomic E-state index is 12.7. The Morgan fingerprint density at radius 1 is 1.29 bits per heavy atom. The topological polar surface area (TPSA) is 65.2 Å². The summed E-state index contributed by atoms with van der Waals surface area (Å²) < 4.78 is 9.22. The summed E-state index contributed by atoms with van der Waals surface area (Å²) in [6, 6.07) is 7.15. The molecule has 0 saturated carbocycles. The Kier molecular flexibility index (Phi) is 6.04. The Bertz CT molecular complexity index is 979. The molecule has 0 spiro atoms. The number of hydrogen-bond donors (Lipinski definition) is 0. The van der Waals surface area contributed by atoms with Crippen LogP contribution >= 0.6 is 11.6 Å². The van der Waals surface area contributed by atoms with Crippen molar-refractivity contribution >= 4 is 17.5 Å². The number of carbonyl (C=O) groups excluding carboxylic acids is 1. The van der Waals surface area contributed by atoms with E-state index in [0.29, 0.717) is 23.0 Å². The fraction of sp³-hybridized carbons (Fsp3) is 0.350. The number of halogens is 1. The van der Waals surface area contributed by atoms with Crippen LogP contribution in [0.3, 0.4) is 0 Å². The zero-order valence-electron chi connectivity index (χ0n) is 16.5. The predicted molar refractivity (Wildman–Crippen MR) is 107 cm³/mol. The number of amides is 1. The van der Waals surface area contributed by atoms with Gasteiger partial charge in [-0.25, -0.2) is 4.68 Å². The molecule has 28 heavy (non-hydrogen) atoms. The summed E-state index contributed by atoms with van der Waals surface area (Å²) in [6.07, 6.45) is 3.54. The van der Waals surface area contributed by atoms with E-state index in [1.165, 1.54) is 0 Å². The lowest BCUT2D eigenvalue weighted by atomic mass is 10.2. The van der Waals surface area contributed by atoms with Crippen molar-refractivity contribution in [3.05, 3.63) is 64.2 Å². The van der Waals surface area contributed by atoms with Gasteiger partial charge in [0.15, 0.2) is 12.4 Å². The molecule has 7 nitrogen and oxygen atoms in total. The number of rotatable bonds is 7. The largest absolute Gasteiger partial charge is 0.471 e. The van der Waals surface area contributed by atoms with Crippen molar-refractivity contribution in [1.82, 2.24) is 24.5 Å². The first-order valence-corrected chi connectivity index (χ1v) is 9.46. The van der Waals surface area contributed by atoms with Gasteiger partial charge in [0.1, 0.15) is 5.75 Å². The maximum Gasteiger partial charge on any atom is 0.274 e. The third kappa shape index (κ3) is 4.36. The van der Waals surface area contributed by atoms with Crippen LogP contribution in [-0.2, 0) is 19.8 Å². The second kappa shape index (κ2) is 8.48. The number of aryl methyl sites for hydroxylation is 2. The summed E-state index contributed by atoms with van der Waals surface area (Å²) in [5.74, 6) is 0.551. The Balaban J connectivity index is 1.61. The lowest BCUT2D eigenvalue weighted by Crippen LogP contribution is -2.27. The highest BCUT2D eigenvalue weighted by molar-refractivity contribution is 6.31. The molecule has 8 heteroatoms. The summed E-state index contributed by atoms with van der Waals surface area (Å²) in [6.45, 7) is 7.47. The average Bonchev–Trinajstić information content (AvgIpc) is 3.29. The van der Waals surface area contributed by atoms with Crippen LogP contribution in [0.5, 0.6) is 5.75 Å². The summed E-state index contributed by atoms with van der Waals surface area (Å²) in [4.78, 5) is 14.3. The van der Waals surface area contributed by atoms with Gasteiger partial charge in [0.2, 0.25) is 0 Å². The second-order valence-corrected chi connectivity index (χ2v) is 7.06. The van der Waals surface area contributed by atoms with Gasteiger partial charge in [-0.15, -0.1) is 0 Å². The van der Waals surface area contributed by atoms with Crippen molar-refractivity contribution in [2.45, 2.75) is 40.6 Å². The molecule has 0 aliphatic carbocycles. The highest BCUT2D eigenvalue weighted by atomic mass is 35.5. The molecule has 0 aliphatic heterocycles. The first kappa shape index (κ1) is 19.9. The molecule has 1 amide bonds. The molecule has 2 heterocycles. The van der Waals surface area contributed by atoms with Crippen LogP contribution in [0, 0.1) is 13.8 Å². The van der Waals surface area contributed by atoms with Crippen LogP contribution in [0.2, 0.25) is 5.02 Å². The molecule has 148 valence electrons. The standard InChI is InChI=1S/C20H24ClN5O2/c1-5-26-15(3)16(11-22-26)12-24(4)20(27)19-8-9-25(23-19)13-28-17-6-7-18(21)14(2)10-17/h6-11H,5,12-13H2,1-4H3. The molecule has 0 aliphatic rings. The monoisotopic (exact) mass is 401 g/mol. The van der Waals surface area contributed by atoms with E-state index in [-0.39, 0.29) is 12.6 Å². The number of aromatic nitrogens is 4. The molecule has 3 rings (SSSR count). The highest BCUT2D eigenvalue weighted by Crippen LogP contribution is 2.21. The number of benzene rings is 1. The fourth-order valence-electron chi connectivity index (χ4n) is 2.88. The van der Waals surface area contributed by atoms with Gasteiger partial charge >= 0.3 is 0 Å². The summed E-state index contributed by atoms with van der Waals surface area (Å²) in [7, 11) is 1.76. The van der Waals surface area contributed by atoms with Crippen LogP contribution in [0.25, 0.3) is 0 Å². The molecule has 0 saturated heterocycles. The van der Waals surface area contributed by atoms with Gasteiger partial charge in [0.25, 0.3) is 5.91 Å². The van der Waals surface area contributed by atoms with Crippen LogP contribution < -0.4 is 4.74 Å². The predicted octanol–water partition coefficient (Wildman–Crippen LogP) is 3.68.